The summed E-state index contributed by atoms with van der Waals surface area (Å²) in [6, 6.07) is 7.59. The molecular formula is C20H15F3N2O2S. The number of rotatable bonds is 3. The molecule has 1 aliphatic heterocycles. The van der Waals surface area contributed by atoms with Gasteiger partial charge in [-0.2, -0.15) is 13.2 Å². The molecule has 2 aromatic rings. The Bertz CT molecular complexity index is 1080. The van der Waals surface area contributed by atoms with Crippen LogP contribution in [0.25, 0.3) is 17.0 Å². The number of aromatic nitrogens is 1. The van der Waals surface area contributed by atoms with E-state index in [-0.39, 0.29) is 6.42 Å². The summed E-state index contributed by atoms with van der Waals surface area (Å²) in [5.74, 6) is -0.424. The van der Waals surface area contributed by atoms with Crippen molar-refractivity contribution in [2.75, 3.05) is 0 Å². The van der Waals surface area contributed by atoms with Crippen LogP contribution in [0.5, 0.6) is 0 Å². The number of para-hydroxylation sites is 1. The average Bonchev–Trinajstić information content (AvgIpc) is 3.15. The van der Waals surface area contributed by atoms with E-state index in [0.29, 0.717) is 17.9 Å². The Kier molecular flexibility index (Phi) is 4.66. The zero-order valence-corrected chi connectivity index (χ0v) is 15.4. The molecule has 28 heavy (non-hydrogen) atoms. The van der Waals surface area contributed by atoms with E-state index in [1.807, 2.05) is 35.0 Å². The summed E-state index contributed by atoms with van der Waals surface area (Å²) in [5, 5.41) is 2.73. The Balaban J connectivity index is 1.67. The van der Waals surface area contributed by atoms with Crippen LogP contribution in [-0.2, 0) is 11.3 Å². The number of amides is 2. The summed E-state index contributed by atoms with van der Waals surface area (Å²) in [5.41, 5.74) is 2.09. The van der Waals surface area contributed by atoms with Crippen LogP contribution < -0.4 is 5.32 Å². The summed E-state index contributed by atoms with van der Waals surface area (Å²) < 4.78 is 40.3. The number of alkyl halides is 3. The lowest BCUT2D eigenvalue weighted by atomic mass is 9.98. The monoisotopic (exact) mass is 404 g/mol. The number of benzene rings is 1. The van der Waals surface area contributed by atoms with Gasteiger partial charge in [-0.1, -0.05) is 35.9 Å². The molecule has 1 aliphatic carbocycles. The number of carbonyl (C=O) groups excluding carboxylic acids is 2. The molecule has 1 aromatic heterocycles. The van der Waals surface area contributed by atoms with E-state index in [2.05, 4.69) is 5.32 Å². The fourth-order valence-electron chi connectivity index (χ4n) is 3.35. The third-order valence-corrected chi connectivity index (χ3v) is 5.53. The number of thioether (sulfide) groups is 1. The minimum Gasteiger partial charge on any atom is -0.343 e. The topological polar surface area (TPSA) is 51.1 Å². The Hall–Kier alpha value is -2.74. The molecule has 1 aromatic carbocycles. The molecule has 0 radical (unpaired) electrons. The van der Waals surface area contributed by atoms with Gasteiger partial charge in [-0.05, 0) is 36.7 Å². The number of hydrogen-bond acceptors (Lipinski definition) is 3. The van der Waals surface area contributed by atoms with Crippen LogP contribution >= 0.6 is 11.8 Å². The van der Waals surface area contributed by atoms with Crippen LogP contribution in [0.1, 0.15) is 18.4 Å². The Morgan fingerprint density at radius 2 is 1.93 bits per heavy atom. The fraction of sp³-hybridized carbons (Fsp3) is 0.200. The third-order valence-electron chi connectivity index (χ3n) is 4.72. The summed E-state index contributed by atoms with van der Waals surface area (Å²) >= 11 is 0.851. The summed E-state index contributed by atoms with van der Waals surface area (Å²) in [7, 11) is 0. The second-order valence-electron chi connectivity index (χ2n) is 6.60. The number of allylic oxidation sites excluding steroid dienone is 4. The highest BCUT2D eigenvalue weighted by atomic mass is 32.2. The average molecular weight is 404 g/mol. The molecule has 1 fully saturated rings. The zero-order valence-electron chi connectivity index (χ0n) is 14.5. The number of hydrogen-bond donors (Lipinski definition) is 1. The quantitative estimate of drug-likeness (QED) is 0.718. The largest absolute Gasteiger partial charge is 0.412 e. The van der Waals surface area contributed by atoms with Crippen LogP contribution in [0, 0.1) is 0 Å². The first kappa shape index (κ1) is 18.6. The van der Waals surface area contributed by atoms with E-state index in [1.54, 1.807) is 6.08 Å². The Morgan fingerprint density at radius 3 is 2.57 bits per heavy atom. The second-order valence-corrected chi connectivity index (χ2v) is 7.61. The van der Waals surface area contributed by atoms with Crippen molar-refractivity contribution in [1.29, 1.82) is 0 Å². The molecule has 8 heteroatoms. The van der Waals surface area contributed by atoms with Gasteiger partial charge in [0.2, 0.25) is 0 Å². The Labute approximate surface area is 162 Å². The minimum absolute atomic E-state index is 0.0234. The molecule has 4 nitrogen and oxygen atoms in total. The van der Waals surface area contributed by atoms with Gasteiger partial charge in [0.05, 0.1) is 4.91 Å². The van der Waals surface area contributed by atoms with Crippen molar-refractivity contribution in [2.24, 2.45) is 0 Å². The highest BCUT2D eigenvalue weighted by Crippen LogP contribution is 2.34. The van der Waals surface area contributed by atoms with Gasteiger partial charge in [-0.15, -0.1) is 0 Å². The number of nitrogens with zero attached hydrogens (tertiary/aromatic N) is 1. The van der Waals surface area contributed by atoms with Crippen LogP contribution in [0.2, 0.25) is 0 Å². The van der Waals surface area contributed by atoms with Crippen molar-refractivity contribution < 1.29 is 22.8 Å². The van der Waals surface area contributed by atoms with Crippen molar-refractivity contribution in [3.63, 3.8) is 0 Å². The lowest BCUT2D eigenvalue weighted by Crippen LogP contribution is -2.17. The van der Waals surface area contributed by atoms with Crippen LogP contribution in [0.15, 0.2) is 58.7 Å². The molecule has 0 saturated carbocycles. The maximum absolute atomic E-state index is 12.8. The molecule has 1 saturated heterocycles. The van der Waals surface area contributed by atoms with Crippen molar-refractivity contribution in [2.45, 2.75) is 25.6 Å². The van der Waals surface area contributed by atoms with Crippen LogP contribution in [0.3, 0.4) is 0 Å². The molecule has 1 N–H and O–H groups in total. The third kappa shape index (κ3) is 3.64. The van der Waals surface area contributed by atoms with Crippen LogP contribution in [0.4, 0.5) is 18.0 Å². The molecule has 2 amide bonds. The molecule has 0 bridgehead atoms. The van der Waals surface area contributed by atoms with Crippen molar-refractivity contribution >= 4 is 39.9 Å². The van der Waals surface area contributed by atoms with Gasteiger partial charge in [0.15, 0.2) is 0 Å². The van der Waals surface area contributed by atoms with Gasteiger partial charge in [0.25, 0.3) is 11.1 Å². The number of halogens is 3. The molecular weight excluding hydrogens is 389 g/mol. The van der Waals surface area contributed by atoms with Gasteiger partial charge in [0, 0.05) is 34.8 Å². The molecule has 2 heterocycles. The smallest absolute Gasteiger partial charge is 0.343 e. The molecule has 4 rings (SSSR count). The lowest BCUT2D eigenvalue weighted by Gasteiger charge is -2.17. The van der Waals surface area contributed by atoms with E-state index in [0.717, 1.165) is 39.9 Å². The zero-order chi connectivity index (χ0) is 19.9. The number of fused-ring (bicyclic) bond motifs is 1. The van der Waals surface area contributed by atoms with E-state index in [1.165, 1.54) is 6.08 Å². The number of imide groups is 1. The summed E-state index contributed by atoms with van der Waals surface area (Å²) in [6.45, 7) is 0.462. The normalized spacial score (nSPS) is 19.2. The summed E-state index contributed by atoms with van der Waals surface area (Å²) in [4.78, 5) is 23.5. The SMILES string of the molecule is O=C1NC(=O)/C(=C/c2cn(CC3=CC=C(C(F)(F)F)CC3)c3ccccc23)S1. The van der Waals surface area contributed by atoms with Gasteiger partial charge in [-0.3, -0.25) is 14.9 Å². The highest BCUT2D eigenvalue weighted by Gasteiger charge is 2.33. The van der Waals surface area contributed by atoms with Crippen molar-refractivity contribution in [3.8, 4) is 0 Å². The second kappa shape index (κ2) is 7.01. The van der Waals surface area contributed by atoms with Crippen LogP contribution in [-0.4, -0.2) is 21.9 Å². The van der Waals surface area contributed by atoms with Gasteiger partial charge in [0.1, 0.15) is 0 Å². The summed E-state index contributed by atoms with van der Waals surface area (Å²) in [6.07, 6.45) is 2.26. The minimum atomic E-state index is -4.28. The van der Waals surface area contributed by atoms with E-state index < -0.39 is 22.9 Å². The lowest BCUT2D eigenvalue weighted by molar-refractivity contribution is -0.115. The Morgan fingerprint density at radius 1 is 1.14 bits per heavy atom. The van der Waals surface area contributed by atoms with Gasteiger partial charge in [-0.25, -0.2) is 0 Å². The van der Waals surface area contributed by atoms with Gasteiger partial charge >= 0.3 is 6.18 Å². The molecule has 0 atom stereocenters. The first-order chi connectivity index (χ1) is 13.3. The predicted molar refractivity (Wildman–Crippen MR) is 102 cm³/mol. The highest BCUT2D eigenvalue weighted by molar-refractivity contribution is 8.18. The van der Waals surface area contributed by atoms with Gasteiger partial charge < -0.3 is 4.57 Å². The maximum Gasteiger partial charge on any atom is 0.412 e. The number of nitrogens with one attached hydrogen (secondary N) is 1. The molecule has 0 spiro atoms. The van der Waals surface area contributed by atoms with E-state index in [9.17, 15) is 22.8 Å². The molecule has 0 unspecified atom stereocenters. The standard InChI is InChI=1S/C20H15F3N2O2S/c21-20(22,23)14-7-5-12(6-8-14)10-25-11-13(15-3-1-2-4-16(15)25)9-17-18(26)24-19(27)28-17/h1-5,7,9,11H,6,8,10H2,(H,24,26,27)/b17-9-. The first-order valence-electron chi connectivity index (χ1n) is 8.60. The first-order valence-corrected chi connectivity index (χ1v) is 9.41. The molecule has 144 valence electrons. The predicted octanol–water partition coefficient (Wildman–Crippen LogP) is 5.17. The maximum atomic E-state index is 12.8. The number of carbonyl (C=O) groups is 2. The van der Waals surface area contributed by atoms with Crippen molar-refractivity contribution in [3.05, 3.63) is 64.2 Å². The molecule has 2 aliphatic rings. The van der Waals surface area contributed by atoms with E-state index >= 15 is 0 Å². The van der Waals surface area contributed by atoms with E-state index in [4.69, 9.17) is 0 Å². The fourth-order valence-corrected chi connectivity index (χ4v) is 4.02. The van der Waals surface area contributed by atoms with Crippen molar-refractivity contribution in [1.82, 2.24) is 9.88 Å².